The molecule has 0 bridgehead atoms. The number of Topliss-reactive ketones (excluding diaryl/α,β-unsaturated/α-hetero) is 1. The van der Waals surface area contributed by atoms with Gasteiger partial charge in [-0.05, 0) is 76.5 Å². The summed E-state index contributed by atoms with van der Waals surface area (Å²) >= 11 is 0. The first-order valence-corrected chi connectivity index (χ1v) is 11.9. The molecular weight excluding hydrogens is 382 g/mol. The number of nitrogens with zero attached hydrogens (tertiary/aromatic N) is 1. The van der Waals surface area contributed by atoms with Crippen LogP contribution in [0.4, 0.5) is 0 Å². The molecule has 0 aliphatic heterocycles. The summed E-state index contributed by atoms with van der Waals surface area (Å²) in [5.41, 5.74) is 3.43. The number of hydrogen-bond acceptors (Lipinski definition) is 3. The fourth-order valence-electron chi connectivity index (χ4n) is 4.20. The zero-order valence-electron chi connectivity index (χ0n) is 20.6. The summed E-state index contributed by atoms with van der Waals surface area (Å²) in [6.45, 7) is 12.6. The molecule has 0 aromatic carbocycles. The summed E-state index contributed by atoms with van der Waals surface area (Å²) in [6, 6.07) is 5.99. The Hall–Kier alpha value is -2.03. The molecule has 0 aliphatic carbocycles. The first-order chi connectivity index (χ1) is 14.7. The van der Waals surface area contributed by atoms with Gasteiger partial charge in [-0.2, -0.15) is 0 Å². The second kappa shape index (κ2) is 14.1. The van der Waals surface area contributed by atoms with Crippen LogP contribution in [-0.4, -0.2) is 17.1 Å². The Bertz CT molecular complexity index is 731. The van der Waals surface area contributed by atoms with E-state index in [1.54, 1.807) is 0 Å². The lowest BCUT2D eigenvalue weighted by Crippen LogP contribution is -2.30. The van der Waals surface area contributed by atoms with Crippen LogP contribution in [0.15, 0.2) is 41.6 Å². The number of aromatic nitrogens is 1. The Kier molecular flexibility index (Phi) is 12.3. The molecule has 0 saturated carbocycles. The highest BCUT2D eigenvalue weighted by molar-refractivity contribution is 5.86. The summed E-state index contributed by atoms with van der Waals surface area (Å²) < 4.78 is 0. The van der Waals surface area contributed by atoms with Crippen molar-refractivity contribution in [2.75, 3.05) is 0 Å². The highest BCUT2D eigenvalue weighted by atomic mass is 16.1. The average Bonchev–Trinajstić information content (AvgIpc) is 2.72. The van der Waals surface area contributed by atoms with Gasteiger partial charge in [0.1, 0.15) is 12.1 Å². The maximum absolute atomic E-state index is 12.7. The van der Waals surface area contributed by atoms with Crippen LogP contribution >= 0.6 is 0 Å². The van der Waals surface area contributed by atoms with Gasteiger partial charge >= 0.3 is 0 Å². The van der Waals surface area contributed by atoms with Gasteiger partial charge in [-0.15, -0.1) is 0 Å². The fraction of sp³-hybridized carbons (Fsp3) is 0.607. The molecule has 0 saturated heterocycles. The first kappa shape index (κ1) is 27.0. The molecule has 2 unspecified atom stereocenters. The van der Waals surface area contributed by atoms with Crippen molar-refractivity contribution >= 4 is 18.1 Å². The molecule has 1 aromatic heterocycles. The Morgan fingerprint density at radius 1 is 1.10 bits per heavy atom. The molecule has 0 fully saturated rings. The molecule has 1 heterocycles. The number of rotatable bonds is 15. The van der Waals surface area contributed by atoms with Gasteiger partial charge < -0.3 is 4.79 Å². The molecule has 0 amide bonds. The minimum absolute atomic E-state index is 0.0576. The molecule has 1 aromatic rings. The lowest BCUT2D eigenvalue weighted by atomic mass is 9.76. The zero-order chi connectivity index (χ0) is 23.3. The van der Waals surface area contributed by atoms with Gasteiger partial charge in [0.25, 0.3) is 0 Å². The average molecular weight is 426 g/mol. The number of carbonyl (C=O) groups is 2. The van der Waals surface area contributed by atoms with E-state index in [4.69, 9.17) is 0 Å². The second-order valence-corrected chi connectivity index (χ2v) is 9.92. The zero-order valence-corrected chi connectivity index (χ0v) is 20.6. The third-order valence-electron chi connectivity index (χ3n) is 6.14. The van der Waals surface area contributed by atoms with E-state index >= 15 is 0 Å². The molecule has 2 atom stereocenters. The number of aldehydes is 1. The van der Waals surface area contributed by atoms with Crippen LogP contribution in [0.25, 0.3) is 6.08 Å². The van der Waals surface area contributed by atoms with Crippen molar-refractivity contribution in [1.29, 1.82) is 0 Å². The summed E-state index contributed by atoms with van der Waals surface area (Å²) in [6.07, 6.45) is 14.9. The minimum Gasteiger partial charge on any atom is -0.303 e. The van der Waals surface area contributed by atoms with Crippen molar-refractivity contribution in [2.45, 2.75) is 92.9 Å². The van der Waals surface area contributed by atoms with Crippen molar-refractivity contribution in [2.24, 2.45) is 17.3 Å². The van der Waals surface area contributed by atoms with E-state index in [-0.39, 0.29) is 5.92 Å². The van der Waals surface area contributed by atoms with Crippen molar-refractivity contribution in [3.63, 3.8) is 0 Å². The standard InChI is InChI=1S/C28H43NO2/c1-22(13-10-15-24(3)21-26-16-7-8-18-29-26)12-9-14-23(2)20-25(4)27(31)28(5,6)17-11-19-30/h7-8,13,16,18-19,21,23,25H,9-12,14-15,17,20H2,1-6H3. The summed E-state index contributed by atoms with van der Waals surface area (Å²) in [7, 11) is 0. The van der Waals surface area contributed by atoms with Gasteiger partial charge in [-0.1, -0.05) is 57.4 Å². The van der Waals surface area contributed by atoms with Crippen LogP contribution < -0.4 is 0 Å². The molecule has 1 rings (SSSR count). The van der Waals surface area contributed by atoms with Gasteiger partial charge in [0.05, 0.1) is 5.69 Å². The van der Waals surface area contributed by atoms with Crippen LogP contribution in [0.3, 0.4) is 0 Å². The summed E-state index contributed by atoms with van der Waals surface area (Å²) in [5.74, 6) is 0.894. The molecule has 0 aliphatic rings. The molecule has 0 spiro atoms. The van der Waals surface area contributed by atoms with Gasteiger partial charge in [0.2, 0.25) is 0 Å². The fourth-order valence-corrected chi connectivity index (χ4v) is 4.20. The second-order valence-electron chi connectivity index (χ2n) is 9.92. The molecule has 0 N–H and O–H groups in total. The van der Waals surface area contributed by atoms with E-state index < -0.39 is 5.41 Å². The molecule has 172 valence electrons. The number of allylic oxidation sites excluding steroid dienone is 3. The lowest BCUT2D eigenvalue weighted by molar-refractivity contribution is -0.131. The number of pyridine rings is 1. The van der Waals surface area contributed by atoms with E-state index in [9.17, 15) is 9.59 Å². The third kappa shape index (κ3) is 11.2. The molecule has 3 heteroatoms. The van der Waals surface area contributed by atoms with Crippen LogP contribution in [0.2, 0.25) is 0 Å². The smallest absolute Gasteiger partial charge is 0.141 e. The van der Waals surface area contributed by atoms with E-state index in [2.05, 4.69) is 37.9 Å². The maximum atomic E-state index is 12.7. The Morgan fingerprint density at radius 2 is 1.84 bits per heavy atom. The van der Waals surface area contributed by atoms with E-state index in [1.807, 2.05) is 45.2 Å². The van der Waals surface area contributed by atoms with E-state index in [0.29, 0.717) is 24.5 Å². The topological polar surface area (TPSA) is 47.0 Å². The predicted octanol–water partition coefficient (Wildman–Crippen LogP) is 7.62. The normalized spacial score (nSPS) is 14.9. The lowest BCUT2D eigenvalue weighted by Gasteiger charge is -2.27. The van der Waals surface area contributed by atoms with Gasteiger partial charge in [0, 0.05) is 24.0 Å². The molecule has 3 nitrogen and oxygen atoms in total. The van der Waals surface area contributed by atoms with E-state index in [0.717, 1.165) is 44.1 Å². The summed E-state index contributed by atoms with van der Waals surface area (Å²) in [5, 5.41) is 0. The number of carbonyl (C=O) groups excluding carboxylic acids is 2. The minimum atomic E-state index is -0.400. The SMILES string of the molecule is CC(=Cc1ccccn1)CCC=C(C)CCCC(C)CC(C)C(=O)C(C)(C)CCC=O. The van der Waals surface area contributed by atoms with Crippen LogP contribution in [0.1, 0.15) is 98.6 Å². The largest absolute Gasteiger partial charge is 0.303 e. The molecular formula is C28H43NO2. The van der Waals surface area contributed by atoms with Crippen LogP contribution in [-0.2, 0) is 9.59 Å². The molecule has 31 heavy (non-hydrogen) atoms. The highest BCUT2D eigenvalue weighted by Crippen LogP contribution is 2.30. The van der Waals surface area contributed by atoms with Crippen LogP contribution in [0, 0.1) is 17.3 Å². The Morgan fingerprint density at radius 3 is 2.48 bits per heavy atom. The monoisotopic (exact) mass is 425 g/mol. The van der Waals surface area contributed by atoms with E-state index in [1.165, 1.54) is 17.6 Å². The van der Waals surface area contributed by atoms with Crippen molar-refractivity contribution < 1.29 is 9.59 Å². The van der Waals surface area contributed by atoms with Gasteiger partial charge in [-0.3, -0.25) is 9.78 Å². The first-order valence-electron chi connectivity index (χ1n) is 11.9. The third-order valence-corrected chi connectivity index (χ3v) is 6.14. The summed E-state index contributed by atoms with van der Waals surface area (Å²) in [4.78, 5) is 27.7. The van der Waals surface area contributed by atoms with Crippen LogP contribution in [0.5, 0.6) is 0 Å². The van der Waals surface area contributed by atoms with Gasteiger partial charge in [-0.25, -0.2) is 0 Å². The van der Waals surface area contributed by atoms with Crippen molar-refractivity contribution in [3.8, 4) is 0 Å². The quantitative estimate of drug-likeness (QED) is 0.214. The maximum Gasteiger partial charge on any atom is 0.141 e. The van der Waals surface area contributed by atoms with Gasteiger partial charge in [0.15, 0.2) is 0 Å². The van der Waals surface area contributed by atoms with Crippen molar-refractivity contribution in [1.82, 2.24) is 4.98 Å². The van der Waals surface area contributed by atoms with Crippen molar-refractivity contribution in [3.05, 3.63) is 47.3 Å². The highest BCUT2D eigenvalue weighted by Gasteiger charge is 2.31. The number of ketones is 1. The Balaban J connectivity index is 2.32. The molecule has 0 radical (unpaired) electrons. The number of hydrogen-bond donors (Lipinski definition) is 0. The Labute approximate surface area is 190 Å². The predicted molar refractivity (Wildman–Crippen MR) is 132 cm³/mol.